The number of hydrogen-bond donors (Lipinski definition) is 1. The lowest BCUT2D eigenvalue weighted by molar-refractivity contribution is 0.280. The number of halogens is 1. The fourth-order valence-electron chi connectivity index (χ4n) is 1.01. The molecule has 0 unspecified atom stereocenters. The molecule has 0 spiro atoms. The first-order chi connectivity index (χ1) is 6.22. The van der Waals surface area contributed by atoms with Crippen LogP contribution in [0.3, 0.4) is 0 Å². The van der Waals surface area contributed by atoms with E-state index in [9.17, 15) is 0 Å². The number of methoxy groups -OCH3 is 2. The zero-order valence-electron chi connectivity index (χ0n) is 7.50. The van der Waals surface area contributed by atoms with E-state index in [4.69, 9.17) is 26.2 Å². The summed E-state index contributed by atoms with van der Waals surface area (Å²) in [7, 11) is 3.03. The lowest BCUT2D eigenvalue weighted by Crippen LogP contribution is -1.92. The smallest absolute Gasteiger partial charge is 0.141 e. The van der Waals surface area contributed by atoms with Gasteiger partial charge in [-0.2, -0.15) is 0 Å². The van der Waals surface area contributed by atoms with Crippen molar-refractivity contribution in [1.29, 1.82) is 0 Å². The summed E-state index contributed by atoms with van der Waals surface area (Å²) in [6.07, 6.45) is 0. The van der Waals surface area contributed by atoms with E-state index >= 15 is 0 Å². The average Bonchev–Trinajstić information content (AvgIpc) is 2.18. The van der Waals surface area contributed by atoms with Gasteiger partial charge in [0.15, 0.2) is 0 Å². The largest absolute Gasteiger partial charge is 0.495 e. The SMILES string of the molecule is COc1cc(CO)cc(OC)c1Cl. The molecule has 1 aromatic rings. The van der Waals surface area contributed by atoms with Gasteiger partial charge in [0.2, 0.25) is 0 Å². The Balaban J connectivity index is 3.20. The highest BCUT2D eigenvalue weighted by Gasteiger charge is 2.09. The Morgan fingerprint density at radius 2 is 1.69 bits per heavy atom. The number of hydrogen-bond acceptors (Lipinski definition) is 3. The van der Waals surface area contributed by atoms with Gasteiger partial charge in [-0.3, -0.25) is 0 Å². The maximum Gasteiger partial charge on any atom is 0.141 e. The predicted octanol–water partition coefficient (Wildman–Crippen LogP) is 1.85. The van der Waals surface area contributed by atoms with E-state index in [1.54, 1.807) is 12.1 Å². The van der Waals surface area contributed by atoms with Gasteiger partial charge in [-0.15, -0.1) is 0 Å². The molecule has 0 aromatic heterocycles. The van der Waals surface area contributed by atoms with E-state index in [1.165, 1.54) is 14.2 Å². The molecular formula is C9H11ClO3. The zero-order valence-corrected chi connectivity index (χ0v) is 8.26. The Kier molecular flexibility index (Phi) is 3.39. The highest BCUT2D eigenvalue weighted by molar-refractivity contribution is 6.33. The molecule has 3 nitrogen and oxygen atoms in total. The Morgan fingerprint density at radius 1 is 1.23 bits per heavy atom. The van der Waals surface area contributed by atoms with Crippen molar-refractivity contribution in [2.45, 2.75) is 6.61 Å². The molecule has 1 N–H and O–H groups in total. The van der Waals surface area contributed by atoms with Crippen molar-refractivity contribution in [2.75, 3.05) is 14.2 Å². The molecule has 0 atom stereocenters. The van der Waals surface area contributed by atoms with E-state index in [-0.39, 0.29) is 6.61 Å². The average molecular weight is 203 g/mol. The fourth-order valence-corrected chi connectivity index (χ4v) is 1.28. The third kappa shape index (κ3) is 2.05. The first kappa shape index (κ1) is 10.2. The molecule has 4 heteroatoms. The van der Waals surface area contributed by atoms with Crippen LogP contribution in [0.5, 0.6) is 11.5 Å². The second-order valence-corrected chi connectivity index (χ2v) is 2.85. The van der Waals surface area contributed by atoms with Gasteiger partial charge in [0.05, 0.1) is 20.8 Å². The number of aliphatic hydroxyl groups excluding tert-OH is 1. The topological polar surface area (TPSA) is 38.7 Å². The molecule has 0 saturated heterocycles. The summed E-state index contributed by atoms with van der Waals surface area (Å²) < 4.78 is 10.0. The van der Waals surface area contributed by atoms with Crippen LogP contribution in [0.15, 0.2) is 12.1 Å². The molecule has 0 fully saturated rings. The van der Waals surface area contributed by atoms with Crippen LogP contribution < -0.4 is 9.47 Å². The van der Waals surface area contributed by atoms with Crippen molar-refractivity contribution in [2.24, 2.45) is 0 Å². The maximum atomic E-state index is 8.91. The summed E-state index contributed by atoms with van der Waals surface area (Å²) in [4.78, 5) is 0. The van der Waals surface area contributed by atoms with Gasteiger partial charge in [-0.25, -0.2) is 0 Å². The highest BCUT2D eigenvalue weighted by Crippen LogP contribution is 2.35. The minimum atomic E-state index is -0.0656. The van der Waals surface area contributed by atoms with Gasteiger partial charge >= 0.3 is 0 Å². The van der Waals surface area contributed by atoms with Crippen molar-refractivity contribution in [3.8, 4) is 11.5 Å². The lowest BCUT2D eigenvalue weighted by Gasteiger charge is -2.09. The Morgan fingerprint density at radius 3 is 2.00 bits per heavy atom. The van der Waals surface area contributed by atoms with Crippen molar-refractivity contribution in [3.63, 3.8) is 0 Å². The van der Waals surface area contributed by atoms with Crippen molar-refractivity contribution in [3.05, 3.63) is 22.7 Å². The lowest BCUT2D eigenvalue weighted by atomic mass is 10.2. The molecular weight excluding hydrogens is 192 g/mol. The second-order valence-electron chi connectivity index (χ2n) is 2.47. The third-order valence-electron chi connectivity index (χ3n) is 1.69. The standard InChI is InChI=1S/C9H11ClO3/c1-12-7-3-6(5-11)4-8(13-2)9(7)10/h3-4,11H,5H2,1-2H3. The highest BCUT2D eigenvalue weighted by atomic mass is 35.5. The summed E-state index contributed by atoms with van der Waals surface area (Å²) in [6.45, 7) is -0.0656. The summed E-state index contributed by atoms with van der Waals surface area (Å²) in [6, 6.07) is 3.34. The number of ether oxygens (including phenoxy) is 2. The molecule has 72 valence electrons. The summed E-state index contributed by atoms with van der Waals surface area (Å²) in [5.41, 5.74) is 0.707. The molecule has 13 heavy (non-hydrogen) atoms. The molecule has 0 aliphatic carbocycles. The van der Waals surface area contributed by atoms with Crippen molar-refractivity contribution >= 4 is 11.6 Å². The van der Waals surface area contributed by atoms with Crippen molar-refractivity contribution < 1.29 is 14.6 Å². The van der Waals surface area contributed by atoms with E-state index in [0.29, 0.717) is 22.1 Å². The maximum absolute atomic E-state index is 8.91. The fraction of sp³-hybridized carbons (Fsp3) is 0.333. The van der Waals surface area contributed by atoms with E-state index in [1.807, 2.05) is 0 Å². The molecule has 0 radical (unpaired) electrons. The molecule has 0 heterocycles. The number of benzene rings is 1. The van der Waals surface area contributed by atoms with E-state index in [0.717, 1.165) is 0 Å². The number of aliphatic hydroxyl groups is 1. The Bertz CT molecular complexity index is 274. The molecule has 1 rings (SSSR count). The van der Waals surface area contributed by atoms with Gasteiger partial charge < -0.3 is 14.6 Å². The summed E-state index contributed by atoms with van der Waals surface area (Å²) >= 11 is 5.91. The Hall–Kier alpha value is -0.930. The zero-order chi connectivity index (χ0) is 9.84. The van der Waals surface area contributed by atoms with Crippen LogP contribution in [-0.4, -0.2) is 19.3 Å². The van der Waals surface area contributed by atoms with Crippen LogP contribution in [0.4, 0.5) is 0 Å². The molecule has 1 aromatic carbocycles. The molecule has 0 aliphatic heterocycles. The van der Waals surface area contributed by atoms with Gasteiger partial charge in [0, 0.05) is 0 Å². The minimum absolute atomic E-state index is 0.0656. The predicted molar refractivity (Wildman–Crippen MR) is 50.5 cm³/mol. The summed E-state index contributed by atoms with van der Waals surface area (Å²) in [5.74, 6) is 1.01. The van der Waals surface area contributed by atoms with Crippen molar-refractivity contribution in [1.82, 2.24) is 0 Å². The molecule has 0 saturated carbocycles. The molecule has 0 aliphatic rings. The third-order valence-corrected chi connectivity index (χ3v) is 2.06. The summed E-state index contributed by atoms with van der Waals surface area (Å²) in [5, 5.41) is 9.33. The second kappa shape index (κ2) is 4.35. The van der Waals surface area contributed by atoms with E-state index < -0.39 is 0 Å². The quantitative estimate of drug-likeness (QED) is 0.813. The minimum Gasteiger partial charge on any atom is -0.495 e. The van der Waals surface area contributed by atoms with Crippen LogP contribution in [-0.2, 0) is 6.61 Å². The molecule has 0 bridgehead atoms. The van der Waals surface area contributed by atoms with Crippen LogP contribution in [0.2, 0.25) is 5.02 Å². The van der Waals surface area contributed by atoms with Gasteiger partial charge in [0.1, 0.15) is 16.5 Å². The van der Waals surface area contributed by atoms with Crippen LogP contribution >= 0.6 is 11.6 Å². The first-order valence-electron chi connectivity index (χ1n) is 3.74. The van der Waals surface area contributed by atoms with Gasteiger partial charge in [0.25, 0.3) is 0 Å². The van der Waals surface area contributed by atoms with Crippen LogP contribution in [0.25, 0.3) is 0 Å². The van der Waals surface area contributed by atoms with Crippen LogP contribution in [0.1, 0.15) is 5.56 Å². The monoisotopic (exact) mass is 202 g/mol. The normalized spacial score (nSPS) is 9.85. The Labute approximate surface area is 81.9 Å². The first-order valence-corrected chi connectivity index (χ1v) is 4.12. The van der Waals surface area contributed by atoms with E-state index in [2.05, 4.69) is 0 Å². The van der Waals surface area contributed by atoms with Crippen LogP contribution in [0, 0.1) is 0 Å². The van der Waals surface area contributed by atoms with Gasteiger partial charge in [-0.1, -0.05) is 11.6 Å². The number of rotatable bonds is 3. The molecule has 0 amide bonds. The van der Waals surface area contributed by atoms with Gasteiger partial charge in [-0.05, 0) is 17.7 Å².